The van der Waals surface area contributed by atoms with E-state index in [0.29, 0.717) is 37.6 Å². The number of rotatable bonds is 6. The van der Waals surface area contributed by atoms with Crippen molar-refractivity contribution in [1.29, 1.82) is 0 Å². The number of benzene rings is 1. The second-order valence-electron chi connectivity index (χ2n) is 5.59. The Balaban J connectivity index is 2.43. The van der Waals surface area contributed by atoms with Crippen molar-refractivity contribution in [2.45, 2.75) is 6.92 Å². The van der Waals surface area contributed by atoms with Gasteiger partial charge < -0.3 is 24.4 Å². The first-order valence-electron chi connectivity index (χ1n) is 8.09. The van der Waals surface area contributed by atoms with E-state index in [1.165, 1.54) is 21.1 Å². The quantitative estimate of drug-likeness (QED) is 0.461. The standard InChI is InChI=1S/C18H22N2O6/c1-12(21)13-4-5-16(20-6-8-26-9-7-20)14(10-13)19-15(18(23)25-3)11-17(22)24-2/h4-5,10-11,19H,6-9H2,1-3H3/b15-11+. The number of hydrogen-bond donors (Lipinski definition) is 1. The molecule has 8 heteroatoms. The van der Waals surface area contributed by atoms with Gasteiger partial charge in [-0.1, -0.05) is 0 Å². The number of carbonyl (C=O) groups excluding carboxylic acids is 3. The molecule has 1 N–H and O–H groups in total. The molecule has 1 heterocycles. The highest BCUT2D eigenvalue weighted by Crippen LogP contribution is 2.29. The van der Waals surface area contributed by atoms with Gasteiger partial charge in [-0.2, -0.15) is 0 Å². The van der Waals surface area contributed by atoms with Crippen molar-refractivity contribution in [2.24, 2.45) is 0 Å². The lowest BCUT2D eigenvalue weighted by Crippen LogP contribution is -2.36. The van der Waals surface area contributed by atoms with Crippen LogP contribution in [0, 0.1) is 0 Å². The van der Waals surface area contributed by atoms with E-state index < -0.39 is 11.9 Å². The molecule has 1 saturated heterocycles. The van der Waals surface area contributed by atoms with E-state index in [1.807, 2.05) is 0 Å². The third-order valence-electron chi connectivity index (χ3n) is 3.89. The Morgan fingerprint density at radius 3 is 2.42 bits per heavy atom. The van der Waals surface area contributed by atoms with Gasteiger partial charge in [-0.15, -0.1) is 0 Å². The van der Waals surface area contributed by atoms with Crippen molar-refractivity contribution in [1.82, 2.24) is 0 Å². The Kier molecular flexibility index (Phi) is 6.74. The van der Waals surface area contributed by atoms with Crippen LogP contribution in [0.15, 0.2) is 30.0 Å². The summed E-state index contributed by atoms with van der Waals surface area (Å²) in [4.78, 5) is 37.4. The van der Waals surface area contributed by atoms with Crippen molar-refractivity contribution < 1.29 is 28.6 Å². The summed E-state index contributed by atoms with van der Waals surface area (Å²) in [5, 5.41) is 2.91. The molecule has 0 bridgehead atoms. The van der Waals surface area contributed by atoms with Gasteiger partial charge >= 0.3 is 11.9 Å². The summed E-state index contributed by atoms with van der Waals surface area (Å²) in [5.41, 5.74) is 1.69. The molecule has 0 spiro atoms. The molecule has 1 fully saturated rings. The summed E-state index contributed by atoms with van der Waals surface area (Å²) in [7, 11) is 2.42. The normalized spacial score (nSPS) is 14.6. The van der Waals surface area contributed by atoms with Gasteiger partial charge in [-0.3, -0.25) is 4.79 Å². The molecule has 140 valence electrons. The average molecular weight is 362 g/mol. The maximum Gasteiger partial charge on any atom is 0.354 e. The van der Waals surface area contributed by atoms with E-state index in [4.69, 9.17) is 9.47 Å². The minimum atomic E-state index is -0.725. The summed E-state index contributed by atoms with van der Waals surface area (Å²) in [6, 6.07) is 5.17. The van der Waals surface area contributed by atoms with Crippen LogP contribution >= 0.6 is 0 Å². The summed E-state index contributed by atoms with van der Waals surface area (Å²) >= 11 is 0. The Morgan fingerprint density at radius 2 is 1.85 bits per heavy atom. The number of ether oxygens (including phenoxy) is 3. The fourth-order valence-corrected chi connectivity index (χ4v) is 2.51. The second kappa shape index (κ2) is 9.00. The molecule has 26 heavy (non-hydrogen) atoms. The van der Waals surface area contributed by atoms with Crippen molar-refractivity contribution in [3.63, 3.8) is 0 Å². The Morgan fingerprint density at radius 1 is 1.15 bits per heavy atom. The third kappa shape index (κ3) is 4.82. The summed E-state index contributed by atoms with van der Waals surface area (Å²) < 4.78 is 14.7. The molecular formula is C18H22N2O6. The van der Waals surface area contributed by atoms with Crippen LogP contribution in [0.4, 0.5) is 11.4 Å². The molecule has 1 aromatic rings. The van der Waals surface area contributed by atoms with Crippen molar-refractivity contribution >= 4 is 29.1 Å². The largest absolute Gasteiger partial charge is 0.466 e. The van der Waals surface area contributed by atoms with E-state index in [0.717, 1.165) is 11.8 Å². The first-order valence-corrected chi connectivity index (χ1v) is 8.09. The lowest BCUT2D eigenvalue weighted by atomic mass is 10.1. The molecule has 8 nitrogen and oxygen atoms in total. The van der Waals surface area contributed by atoms with Gasteiger partial charge in [0, 0.05) is 18.7 Å². The first-order chi connectivity index (χ1) is 12.5. The number of anilines is 2. The number of nitrogens with one attached hydrogen (secondary N) is 1. The van der Waals surface area contributed by atoms with Gasteiger partial charge in [-0.25, -0.2) is 9.59 Å². The molecule has 0 amide bonds. The summed E-state index contributed by atoms with van der Waals surface area (Å²) in [6.07, 6.45) is 1.01. The number of nitrogens with zero attached hydrogens (tertiary/aromatic N) is 1. The van der Waals surface area contributed by atoms with Crippen LogP contribution in [0.1, 0.15) is 17.3 Å². The maximum absolute atomic E-state index is 12.0. The zero-order valence-corrected chi connectivity index (χ0v) is 15.0. The predicted octanol–water partition coefficient (Wildman–Crippen LogP) is 1.37. The van der Waals surface area contributed by atoms with E-state index in [1.54, 1.807) is 18.2 Å². The van der Waals surface area contributed by atoms with Crippen LogP contribution in [-0.2, 0) is 23.8 Å². The molecule has 1 aliphatic heterocycles. The minimum Gasteiger partial charge on any atom is -0.466 e. The molecule has 2 rings (SSSR count). The zero-order valence-electron chi connectivity index (χ0n) is 15.0. The molecule has 1 aliphatic rings. The molecule has 0 aliphatic carbocycles. The molecule has 1 aromatic carbocycles. The number of hydrogen-bond acceptors (Lipinski definition) is 8. The van der Waals surface area contributed by atoms with Crippen LogP contribution in [0.2, 0.25) is 0 Å². The van der Waals surface area contributed by atoms with E-state index >= 15 is 0 Å². The van der Waals surface area contributed by atoms with Crippen LogP contribution < -0.4 is 10.2 Å². The molecule has 0 radical (unpaired) electrons. The Bertz CT molecular complexity index is 722. The average Bonchev–Trinajstić information content (AvgIpc) is 2.67. The van der Waals surface area contributed by atoms with E-state index in [-0.39, 0.29) is 11.5 Å². The molecule has 0 aromatic heterocycles. The van der Waals surface area contributed by atoms with Crippen molar-refractivity contribution in [3.8, 4) is 0 Å². The van der Waals surface area contributed by atoms with Crippen LogP contribution in [-0.4, -0.2) is 58.2 Å². The molecule has 0 saturated carbocycles. The number of Topliss-reactive ketones (excluding diaryl/α,β-unsaturated/α-hetero) is 1. The maximum atomic E-state index is 12.0. The number of morpholine rings is 1. The van der Waals surface area contributed by atoms with Crippen LogP contribution in [0.5, 0.6) is 0 Å². The number of ketones is 1. The highest BCUT2D eigenvalue weighted by atomic mass is 16.5. The molecule has 0 unspecified atom stereocenters. The van der Waals surface area contributed by atoms with Crippen LogP contribution in [0.25, 0.3) is 0 Å². The van der Waals surface area contributed by atoms with Crippen molar-refractivity contribution in [2.75, 3.05) is 50.7 Å². The summed E-state index contributed by atoms with van der Waals surface area (Å²) in [6.45, 7) is 3.95. The van der Waals surface area contributed by atoms with Gasteiger partial charge in [0.05, 0.1) is 44.9 Å². The lowest BCUT2D eigenvalue weighted by molar-refractivity contribution is -0.138. The predicted molar refractivity (Wildman–Crippen MR) is 95.2 cm³/mol. The third-order valence-corrected chi connectivity index (χ3v) is 3.89. The highest BCUT2D eigenvalue weighted by molar-refractivity contribution is 6.01. The van der Waals surface area contributed by atoms with Gasteiger partial charge in [0.1, 0.15) is 5.70 Å². The van der Waals surface area contributed by atoms with Gasteiger partial charge in [0.15, 0.2) is 5.78 Å². The smallest absolute Gasteiger partial charge is 0.354 e. The number of carbonyl (C=O) groups is 3. The van der Waals surface area contributed by atoms with Gasteiger partial charge in [0.2, 0.25) is 0 Å². The monoisotopic (exact) mass is 362 g/mol. The van der Waals surface area contributed by atoms with E-state index in [9.17, 15) is 14.4 Å². The first kappa shape index (κ1) is 19.5. The number of methoxy groups -OCH3 is 2. The SMILES string of the molecule is COC(=O)/C=C(/Nc1cc(C(C)=O)ccc1N1CCOCC1)C(=O)OC. The summed E-state index contributed by atoms with van der Waals surface area (Å²) in [5.74, 6) is -1.54. The topological polar surface area (TPSA) is 94.2 Å². The van der Waals surface area contributed by atoms with Crippen molar-refractivity contribution in [3.05, 3.63) is 35.5 Å². The minimum absolute atomic E-state index is 0.0884. The van der Waals surface area contributed by atoms with E-state index in [2.05, 4.69) is 15.0 Å². The highest BCUT2D eigenvalue weighted by Gasteiger charge is 2.19. The van der Waals surface area contributed by atoms with Gasteiger partial charge in [-0.05, 0) is 25.1 Å². The second-order valence-corrected chi connectivity index (χ2v) is 5.59. The fraction of sp³-hybridized carbons (Fsp3) is 0.389. The number of esters is 2. The Labute approximate surface area is 151 Å². The molecule has 0 atom stereocenters. The fourth-order valence-electron chi connectivity index (χ4n) is 2.51. The molecular weight excluding hydrogens is 340 g/mol. The van der Waals surface area contributed by atoms with Crippen LogP contribution in [0.3, 0.4) is 0 Å². The Hall–Kier alpha value is -2.87. The van der Waals surface area contributed by atoms with Gasteiger partial charge in [0.25, 0.3) is 0 Å². The zero-order chi connectivity index (χ0) is 19.1. The lowest BCUT2D eigenvalue weighted by Gasteiger charge is -2.31.